The number of hydrogen-bond donors (Lipinski definition) is 1. The molecule has 1 aliphatic heterocycles. The van der Waals surface area contributed by atoms with E-state index in [-0.39, 0.29) is 0 Å². The van der Waals surface area contributed by atoms with E-state index in [0.29, 0.717) is 0 Å². The Morgan fingerprint density at radius 3 is 2.64 bits per heavy atom. The van der Waals surface area contributed by atoms with E-state index >= 15 is 0 Å². The van der Waals surface area contributed by atoms with Crippen LogP contribution in [-0.2, 0) is 13.1 Å². The molecular weight excluding hydrogens is 314 g/mol. The van der Waals surface area contributed by atoms with Crippen LogP contribution in [0.2, 0.25) is 0 Å². The number of nitrogens with zero attached hydrogens (tertiary/aromatic N) is 4. The van der Waals surface area contributed by atoms with Crippen molar-refractivity contribution in [1.82, 2.24) is 20.3 Å². The maximum absolute atomic E-state index is 4.91. The van der Waals surface area contributed by atoms with E-state index in [2.05, 4.69) is 57.3 Å². The fourth-order valence-corrected chi connectivity index (χ4v) is 3.22. The maximum atomic E-state index is 4.91. The van der Waals surface area contributed by atoms with Crippen molar-refractivity contribution in [2.45, 2.75) is 26.9 Å². The first-order chi connectivity index (χ1) is 12.2. The van der Waals surface area contributed by atoms with Crippen LogP contribution in [0.25, 0.3) is 0 Å². The van der Waals surface area contributed by atoms with Gasteiger partial charge in [0.15, 0.2) is 5.96 Å². The molecule has 0 amide bonds. The third-order valence-corrected chi connectivity index (χ3v) is 4.70. The molecule has 1 fully saturated rings. The van der Waals surface area contributed by atoms with Gasteiger partial charge in [0.25, 0.3) is 0 Å². The van der Waals surface area contributed by atoms with Gasteiger partial charge in [-0.15, -0.1) is 0 Å². The number of aryl methyl sites for hydroxylation is 2. The van der Waals surface area contributed by atoms with E-state index in [1.807, 2.05) is 13.1 Å². The largest absolute Gasteiger partial charge is 0.364 e. The van der Waals surface area contributed by atoms with Crippen LogP contribution in [0.5, 0.6) is 0 Å². The average Bonchev–Trinajstić information content (AvgIpc) is 3.11. The van der Waals surface area contributed by atoms with E-state index in [1.54, 1.807) is 6.26 Å². The number of guanidine groups is 1. The van der Waals surface area contributed by atoms with Crippen molar-refractivity contribution in [3.8, 4) is 0 Å². The third kappa shape index (κ3) is 4.60. The molecule has 0 unspecified atom stereocenters. The molecule has 0 radical (unpaired) electrons. The summed E-state index contributed by atoms with van der Waals surface area (Å²) in [6.07, 6.45) is 1.63. The SMILES string of the molecule is CN=C(NCc1ccc(C)cc1C)N1CCN(Cc2ccon2)CC1. The van der Waals surface area contributed by atoms with Gasteiger partial charge in [0.2, 0.25) is 0 Å². The van der Waals surface area contributed by atoms with E-state index in [0.717, 1.165) is 50.9 Å². The van der Waals surface area contributed by atoms with E-state index in [9.17, 15) is 0 Å². The maximum Gasteiger partial charge on any atom is 0.194 e. The summed E-state index contributed by atoms with van der Waals surface area (Å²) >= 11 is 0. The van der Waals surface area contributed by atoms with Gasteiger partial charge >= 0.3 is 0 Å². The standard InChI is InChI=1S/C19H27N5O/c1-15-4-5-17(16(2)12-15)13-21-19(20-3)24-9-7-23(8-10-24)14-18-6-11-25-22-18/h4-6,11-12H,7-10,13-14H2,1-3H3,(H,20,21). The number of nitrogens with one attached hydrogen (secondary N) is 1. The van der Waals surface area contributed by atoms with Crippen molar-refractivity contribution in [3.63, 3.8) is 0 Å². The summed E-state index contributed by atoms with van der Waals surface area (Å²) in [7, 11) is 1.85. The number of rotatable bonds is 4. The summed E-state index contributed by atoms with van der Waals surface area (Å²) in [5, 5.41) is 7.50. The Morgan fingerprint density at radius 1 is 1.20 bits per heavy atom. The summed E-state index contributed by atoms with van der Waals surface area (Å²) in [5.41, 5.74) is 4.93. The summed E-state index contributed by atoms with van der Waals surface area (Å²) in [6.45, 7) is 9.86. The summed E-state index contributed by atoms with van der Waals surface area (Å²) in [6, 6.07) is 8.51. The van der Waals surface area contributed by atoms with E-state index in [1.165, 1.54) is 16.7 Å². The Morgan fingerprint density at radius 2 is 2.00 bits per heavy atom. The Hall–Kier alpha value is -2.34. The number of piperazine rings is 1. The molecule has 1 aromatic heterocycles. The lowest BCUT2D eigenvalue weighted by atomic mass is 10.1. The molecule has 1 aliphatic rings. The highest BCUT2D eigenvalue weighted by Crippen LogP contribution is 2.11. The van der Waals surface area contributed by atoms with Crippen LogP contribution in [0.15, 0.2) is 40.0 Å². The highest BCUT2D eigenvalue weighted by Gasteiger charge is 2.20. The van der Waals surface area contributed by atoms with Crippen LogP contribution >= 0.6 is 0 Å². The van der Waals surface area contributed by atoms with Gasteiger partial charge in [-0.05, 0) is 25.0 Å². The molecule has 25 heavy (non-hydrogen) atoms. The fourth-order valence-electron chi connectivity index (χ4n) is 3.22. The molecule has 1 saturated heterocycles. The topological polar surface area (TPSA) is 56.9 Å². The van der Waals surface area contributed by atoms with Crippen LogP contribution in [0, 0.1) is 13.8 Å². The minimum absolute atomic E-state index is 0.804. The molecule has 134 valence electrons. The second kappa shape index (κ2) is 8.16. The molecule has 0 saturated carbocycles. The van der Waals surface area contributed by atoms with Gasteiger partial charge in [0, 0.05) is 52.4 Å². The fraction of sp³-hybridized carbons (Fsp3) is 0.474. The number of aromatic nitrogens is 1. The van der Waals surface area contributed by atoms with Gasteiger partial charge in [-0.2, -0.15) is 0 Å². The smallest absolute Gasteiger partial charge is 0.194 e. The van der Waals surface area contributed by atoms with E-state index in [4.69, 9.17) is 4.52 Å². The lowest BCUT2D eigenvalue weighted by molar-refractivity contribution is 0.169. The molecule has 0 spiro atoms. The molecule has 3 rings (SSSR count). The number of aliphatic imine (C=N–C) groups is 1. The molecule has 6 nitrogen and oxygen atoms in total. The van der Waals surface area contributed by atoms with Crippen molar-refractivity contribution in [1.29, 1.82) is 0 Å². The van der Waals surface area contributed by atoms with Gasteiger partial charge in [-0.1, -0.05) is 28.9 Å². The molecule has 1 N–H and O–H groups in total. The Balaban J connectivity index is 1.50. The first-order valence-corrected chi connectivity index (χ1v) is 8.79. The normalized spacial score (nSPS) is 16.3. The molecule has 6 heteroatoms. The van der Waals surface area contributed by atoms with Gasteiger partial charge in [0.1, 0.15) is 6.26 Å². The highest BCUT2D eigenvalue weighted by molar-refractivity contribution is 5.80. The van der Waals surface area contributed by atoms with Crippen LogP contribution in [0.4, 0.5) is 0 Å². The quantitative estimate of drug-likeness (QED) is 0.682. The van der Waals surface area contributed by atoms with Crippen molar-refractivity contribution in [2.24, 2.45) is 4.99 Å². The van der Waals surface area contributed by atoms with Gasteiger partial charge in [-0.25, -0.2) is 0 Å². The molecule has 0 bridgehead atoms. The third-order valence-electron chi connectivity index (χ3n) is 4.70. The predicted molar refractivity (Wildman–Crippen MR) is 99.5 cm³/mol. The second-order valence-corrected chi connectivity index (χ2v) is 6.58. The lowest BCUT2D eigenvalue weighted by Crippen LogP contribution is -2.52. The van der Waals surface area contributed by atoms with Crippen LogP contribution in [0.3, 0.4) is 0 Å². The Kier molecular flexibility index (Phi) is 5.71. The minimum atomic E-state index is 0.804. The zero-order valence-corrected chi connectivity index (χ0v) is 15.3. The Labute approximate surface area is 149 Å². The van der Waals surface area contributed by atoms with Crippen molar-refractivity contribution < 1.29 is 4.52 Å². The van der Waals surface area contributed by atoms with Crippen LogP contribution in [-0.4, -0.2) is 54.1 Å². The molecule has 0 aliphatic carbocycles. The zero-order chi connectivity index (χ0) is 17.6. The van der Waals surface area contributed by atoms with Gasteiger partial charge < -0.3 is 14.7 Å². The number of hydrogen-bond acceptors (Lipinski definition) is 4. The van der Waals surface area contributed by atoms with Crippen molar-refractivity contribution >= 4 is 5.96 Å². The predicted octanol–water partition coefficient (Wildman–Crippen LogP) is 2.18. The van der Waals surface area contributed by atoms with Crippen molar-refractivity contribution in [3.05, 3.63) is 52.9 Å². The monoisotopic (exact) mass is 341 g/mol. The van der Waals surface area contributed by atoms with Gasteiger partial charge in [-0.3, -0.25) is 9.89 Å². The first-order valence-electron chi connectivity index (χ1n) is 8.79. The van der Waals surface area contributed by atoms with E-state index < -0.39 is 0 Å². The van der Waals surface area contributed by atoms with Crippen molar-refractivity contribution in [2.75, 3.05) is 33.2 Å². The second-order valence-electron chi connectivity index (χ2n) is 6.58. The minimum Gasteiger partial charge on any atom is -0.364 e. The van der Waals surface area contributed by atoms with Gasteiger partial charge in [0.05, 0.1) is 5.69 Å². The summed E-state index contributed by atoms with van der Waals surface area (Å²) < 4.78 is 4.91. The highest BCUT2D eigenvalue weighted by atomic mass is 16.5. The summed E-state index contributed by atoms with van der Waals surface area (Å²) in [5.74, 6) is 0.973. The first kappa shape index (κ1) is 17.5. The molecular formula is C19H27N5O. The Bertz CT molecular complexity index is 703. The zero-order valence-electron chi connectivity index (χ0n) is 15.3. The summed E-state index contributed by atoms with van der Waals surface area (Å²) in [4.78, 5) is 9.18. The van der Waals surface area contributed by atoms with Crippen LogP contribution < -0.4 is 5.32 Å². The molecule has 2 aromatic rings. The molecule has 2 heterocycles. The molecule has 0 atom stereocenters. The molecule has 1 aromatic carbocycles. The average molecular weight is 341 g/mol. The lowest BCUT2D eigenvalue weighted by Gasteiger charge is -2.36. The van der Waals surface area contributed by atoms with Crippen LogP contribution in [0.1, 0.15) is 22.4 Å². The number of benzene rings is 1.